The highest BCUT2D eigenvalue weighted by molar-refractivity contribution is 6.09. The van der Waals surface area contributed by atoms with Crippen LogP contribution in [0.25, 0.3) is 0 Å². The SMILES string of the molecule is CCC1(CC)NC(=O)CN(c2ccc(F)c(OC)c2)C1=O. The predicted octanol–water partition coefficient (Wildman–Crippen LogP) is 1.86. The fourth-order valence-electron chi connectivity index (χ4n) is 2.59. The minimum atomic E-state index is -0.892. The molecule has 1 aromatic carbocycles. The number of hydrogen-bond donors (Lipinski definition) is 1. The topological polar surface area (TPSA) is 58.6 Å². The zero-order valence-corrected chi connectivity index (χ0v) is 12.4. The largest absolute Gasteiger partial charge is 0.494 e. The van der Waals surface area contributed by atoms with E-state index in [-0.39, 0.29) is 24.1 Å². The monoisotopic (exact) mass is 294 g/mol. The minimum absolute atomic E-state index is 0.0462. The highest BCUT2D eigenvalue weighted by atomic mass is 19.1. The summed E-state index contributed by atoms with van der Waals surface area (Å²) in [5.41, 5.74) is -0.434. The van der Waals surface area contributed by atoms with Crippen LogP contribution in [0, 0.1) is 5.82 Å². The maximum atomic E-state index is 13.5. The molecule has 0 unspecified atom stereocenters. The van der Waals surface area contributed by atoms with Gasteiger partial charge in [-0.1, -0.05) is 13.8 Å². The average molecular weight is 294 g/mol. The quantitative estimate of drug-likeness (QED) is 0.922. The fraction of sp³-hybridized carbons (Fsp3) is 0.467. The average Bonchev–Trinajstić information content (AvgIpc) is 2.50. The number of nitrogens with zero attached hydrogens (tertiary/aromatic N) is 1. The molecule has 1 aliphatic rings. The summed E-state index contributed by atoms with van der Waals surface area (Å²) in [6.07, 6.45) is 1.01. The third-order valence-corrected chi connectivity index (χ3v) is 3.99. The number of amides is 2. The van der Waals surface area contributed by atoms with Crippen molar-refractivity contribution in [1.82, 2.24) is 5.32 Å². The number of nitrogens with one attached hydrogen (secondary N) is 1. The van der Waals surface area contributed by atoms with Crippen molar-refractivity contribution in [2.24, 2.45) is 0 Å². The van der Waals surface area contributed by atoms with E-state index in [9.17, 15) is 14.0 Å². The Hall–Kier alpha value is -2.11. The summed E-state index contributed by atoms with van der Waals surface area (Å²) in [6, 6.07) is 4.14. The first-order valence-corrected chi connectivity index (χ1v) is 6.94. The van der Waals surface area contributed by atoms with Gasteiger partial charge in [0.25, 0.3) is 5.91 Å². The summed E-state index contributed by atoms with van der Waals surface area (Å²) < 4.78 is 18.4. The zero-order chi connectivity index (χ0) is 15.6. The second-order valence-corrected chi connectivity index (χ2v) is 5.05. The van der Waals surface area contributed by atoms with Gasteiger partial charge in [-0.25, -0.2) is 4.39 Å². The Labute approximate surface area is 123 Å². The number of anilines is 1. The van der Waals surface area contributed by atoms with Crippen LogP contribution >= 0.6 is 0 Å². The lowest BCUT2D eigenvalue weighted by molar-refractivity contribution is -0.136. The van der Waals surface area contributed by atoms with Crippen molar-refractivity contribution >= 4 is 17.5 Å². The van der Waals surface area contributed by atoms with Gasteiger partial charge in [0.15, 0.2) is 11.6 Å². The van der Waals surface area contributed by atoms with Crippen LogP contribution in [-0.4, -0.2) is 31.0 Å². The molecule has 2 rings (SSSR count). The van der Waals surface area contributed by atoms with Crippen LogP contribution in [0.2, 0.25) is 0 Å². The molecule has 0 spiro atoms. The van der Waals surface area contributed by atoms with Gasteiger partial charge in [0.05, 0.1) is 7.11 Å². The molecule has 1 fully saturated rings. The van der Waals surface area contributed by atoms with Gasteiger partial charge in [-0.3, -0.25) is 9.59 Å². The van der Waals surface area contributed by atoms with Crippen LogP contribution < -0.4 is 15.0 Å². The van der Waals surface area contributed by atoms with Crippen molar-refractivity contribution in [3.05, 3.63) is 24.0 Å². The first kappa shape index (κ1) is 15.3. The number of halogens is 1. The number of piperazine rings is 1. The van der Waals surface area contributed by atoms with E-state index in [4.69, 9.17) is 4.74 Å². The van der Waals surface area contributed by atoms with Gasteiger partial charge in [-0.15, -0.1) is 0 Å². The smallest absolute Gasteiger partial charge is 0.253 e. The molecule has 2 amide bonds. The van der Waals surface area contributed by atoms with E-state index in [1.807, 2.05) is 13.8 Å². The van der Waals surface area contributed by atoms with E-state index in [1.54, 1.807) is 0 Å². The first-order valence-electron chi connectivity index (χ1n) is 6.94. The number of carbonyl (C=O) groups excluding carboxylic acids is 2. The second-order valence-electron chi connectivity index (χ2n) is 5.05. The summed E-state index contributed by atoms with van der Waals surface area (Å²) in [7, 11) is 1.36. The van der Waals surface area contributed by atoms with Crippen molar-refractivity contribution < 1.29 is 18.7 Å². The zero-order valence-electron chi connectivity index (χ0n) is 12.4. The summed E-state index contributed by atoms with van der Waals surface area (Å²) in [5, 5.41) is 2.78. The molecule has 1 heterocycles. The van der Waals surface area contributed by atoms with Gasteiger partial charge in [0, 0.05) is 11.8 Å². The summed E-state index contributed by atoms with van der Waals surface area (Å²) in [5.74, 6) is -0.861. The Bertz CT molecular complexity index is 570. The number of carbonyl (C=O) groups is 2. The van der Waals surface area contributed by atoms with Crippen LogP contribution in [-0.2, 0) is 9.59 Å². The van der Waals surface area contributed by atoms with Gasteiger partial charge in [0.2, 0.25) is 5.91 Å². The minimum Gasteiger partial charge on any atom is -0.494 e. The summed E-state index contributed by atoms with van der Waals surface area (Å²) in [4.78, 5) is 26.0. The molecule has 1 N–H and O–H groups in total. The van der Waals surface area contributed by atoms with Crippen LogP contribution in [0.1, 0.15) is 26.7 Å². The molecule has 5 nitrogen and oxygen atoms in total. The van der Waals surface area contributed by atoms with E-state index >= 15 is 0 Å². The Morgan fingerprint density at radius 1 is 1.33 bits per heavy atom. The highest BCUT2D eigenvalue weighted by Crippen LogP contribution is 2.29. The van der Waals surface area contributed by atoms with Crippen molar-refractivity contribution in [1.29, 1.82) is 0 Å². The molecule has 0 bridgehead atoms. The first-order chi connectivity index (χ1) is 9.97. The summed E-state index contributed by atoms with van der Waals surface area (Å²) in [6.45, 7) is 3.64. The Morgan fingerprint density at radius 2 is 2.00 bits per heavy atom. The molecule has 0 saturated carbocycles. The van der Waals surface area contributed by atoms with Crippen LogP contribution in [0.15, 0.2) is 18.2 Å². The third kappa shape index (κ3) is 2.57. The fourth-order valence-corrected chi connectivity index (χ4v) is 2.59. The third-order valence-electron chi connectivity index (χ3n) is 3.99. The molecule has 21 heavy (non-hydrogen) atoms. The molecule has 0 aliphatic carbocycles. The van der Waals surface area contributed by atoms with E-state index in [0.29, 0.717) is 18.5 Å². The van der Waals surface area contributed by atoms with E-state index in [1.165, 1.54) is 30.2 Å². The lowest BCUT2D eigenvalue weighted by atomic mass is 9.88. The van der Waals surface area contributed by atoms with Crippen LogP contribution in [0.5, 0.6) is 5.75 Å². The number of hydrogen-bond acceptors (Lipinski definition) is 3. The Kier molecular flexibility index (Phi) is 4.16. The molecule has 1 aromatic rings. The maximum Gasteiger partial charge on any atom is 0.253 e. The molecule has 0 aromatic heterocycles. The van der Waals surface area contributed by atoms with Crippen LogP contribution in [0.4, 0.5) is 10.1 Å². The Morgan fingerprint density at radius 3 is 2.57 bits per heavy atom. The standard InChI is InChI=1S/C15H19FN2O3/c1-4-15(5-2)14(20)18(9-13(19)17-15)10-6-7-11(16)12(8-10)21-3/h6-8H,4-5,9H2,1-3H3,(H,17,19). The lowest BCUT2D eigenvalue weighted by Crippen LogP contribution is -2.66. The summed E-state index contributed by atoms with van der Waals surface area (Å²) >= 11 is 0. The molecule has 114 valence electrons. The number of rotatable bonds is 4. The molecular formula is C15H19FN2O3. The number of benzene rings is 1. The normalized spacial score (nSPS) is 17.6. The maximum absolute atomic E-state index is 13.5. The molecule has 1 aliphatic heterocycles. The molecule has 1 saturated heterocycles. The predicted molar refractivity (Wildman–Crippen MR) is 76.8 cm³/mol. The van der Waals surface area contributed by atoms with Gasteiger partial charge in [-0.05, 0) is 25.0 Å². The van der Waals surface area contributed by atoms with Gasteiger partial charge in [-0.2, -0.15) is 0 Å². The van der Waals surface area contributed by atoms with Crippen molar-refractivity contribution in [3.63, 3.8) is 0 Å². The number of methoxy groups -OCH3 is 1. The lowest BCUT2D eigenvalue weighted by Gasteiger charge is -2.41. The van der Waals surface area contributed by atoms with Crippen molar-refractivity contribution in [2.75, 3.05) is 18.6 Å². The highest BCUT2D eigenvalue weighted by Gasteiger charge is 2.44. The van der Waals surface area contributed by atoms with E-state index in [2.05, 4.69) is 5.32 Å². The van der Waals surface area contributed by atoms with Crippen molar-refractivity contribution in [2.45, 2.75) is 32.2 Å². The van der Waals surface area contributed by atoms with Crippen LogP contribution in [0.3, 0.4) is 0 Å². The van der Waals surface area contributed by atoms with Gasteiger partial charge in [0.1, 0.15) is 12.1 Å². The van der Waals surface area contributed by atoms with E-state index < -0.39 is 11.4 Å². The van der Waals surface area contributed by atoms with Gasteiger partial charge < -0.3 is 15.0 Å². The Balaban J connectivity index is 2.42. The molecular weight excluding hydrogens is 275 g/mol. The number of ether oxygens (including phenoxy) is 1. The second kappa shape index (κ2) is 5.71. The van der Waals surface area contributed by atoms with Crippen molar-refractivity contribution in [3.8, 4) is 5.75 Å². The molecule has 6 heteroatoms. The molecule has 0 atom stereocenters. The van der Waals surface area contributed by atoms with E-state index in [0.717, 1.165) is 0 Å². The van der Waals surface area contributed by atoms with Gasteiger partial charge >= 0.3 is 0 Å². The molecule has 0 radical (unpaired) electrons.